The molecule has 1 aromatic carbocycles. The molecule has 1 fully saturated rings. The van der Waals surface area contributed by atoms with Crippen molar-refractivity contribution in [2.45, 2.75) is 38.0 Å². The van der Waals surface area contributed by atoms with Gasteiger partial charge in [0.05, 0.1) is 5.69 Å². The van der Waals surface area contributed by atoms with Gasteiger partial charge in [-0.2, -0.15) is 0 Å². The molecule has 13 heavy (non-hydrogen) atoms. The van der Waals surface area contributed by atoms with Crippen molar-refractivity contribution in [3.63, 3.8) is 0 Å². The highest BCUT2D eigenvalue weighted by molar-refractivity contribution is 5.37. The van der Waals surface area contributed by atoms with Crippen LogP contribution in [0.4, 0.5) is 5.69 Å². The number of hydrogen-bond acceptors (Lipinski definition) is 1. The van der Waals surface area contributed by atoms with E-state index in [-0.39, 0.29) is 0 Å². The van der Waals surface area contributed by atoms with Crippen LogP contribution in [0.1, 0.15) is 43.6 Å². The average molecular weight is 173 g/mol. The lowest BCUT2D eigenvalue weighted by Gasteiger charge is -2.21. The summed E-state index contributed by atoms with van der Waals surface area (Å²) >= 11 is 0. The highest BCUT2D eigenvalue weighted by Gasteiger charge is 2.14. The number of rotatable bonds is 1. The van der Waals surface area contributed by atoms with E-state index in [4.69, 9.17) is 5.73 Å². The fraction of sp³-hybridized carbons (Fsp3) is 0.500. The van der Waals surface area contributed by atoms with Crippen molar-refractivity contribution in [2.75, 3.05) is 5.73 Å². The Bertz CT molecular complexity index is 274. The molecule has 0 amide bonds. The van der Waals surface area contributed by atoms with Gasteiger partial charge in [-0.1, -0.05) is 25.3 Å². The van der Waals surface area contributed by atoms with E-state index in [0.717, 1.165) is 11.6 Å². The topological polar surface area (TPSA) is 26.0 Å². The smallest absolute Gasteiger partial charge is 0.0833 e. The standard InChI is InChI=1S/C12H15N/c13-12-8-4-7-11(9-12)10-5-2-1-3-6-10/h7,9-10H,1-3,5-6,13H2. The lowest BCUT2D eigenvalue weighted by Crippen LogP contribution is -2.04. The molecule has 0 spiro atoms. The third-order valence-electron chi connectivity index (χ3n) is 2.85. The molecule has 1 heteroatoms. The normalized spacial score (nSPS) is 18.2. The first kappa shape index (κ1) is 8.44. The van der Waals surface area contributed by atoms with E-state index < -0.39 is 0 Å². The van der Waals surface area contributed by atoms with Gasteiger partial charge in [0.1, 0.15) is 0 Å². The molecule has 0 bridgehead atoms. The predicted molar refractivity (Wildman–Crippen MR) is 54.4 cm³/mol. The average Bonchev–Trinajstić information content (AvgIpc) is 2.19. The van der Waals surface area contributed by atoms with Crippen LogP contribution in [0, 0.1) is 12.1 Å². The fourth-order valence-electron chi connectivity index (χ4n) is 2.13. The van der Waals surface area contributed by atoms with Gasteiger partial charge >= 0.3 is 0 Å². The monoisotopic (exact) mass is 173 g/mol. The Kier molecular flexibility index (Phi) is 2.40. The molecule has 2 N–H and O–H groups in total. The van der Waals surface area contributed by atoms with Crippen molar-refractivity contribution in [2.24, 2.45) is 0 Å². The maximum Gasteiger partial charge on any atom is 0.0833 e. The molecule has 0 aliphatic heterocycles. The summed E-state index contributed by atoms with van der Waals surface area (Å²) in [5.41, 5.74) is 7.76. The van der Waals surface area contributed by atoms with E-state index >= 15 is 0 Å². The fourth-order valence-corrected chi connectivity index (χ4v) is 2.13. The highest BCUT2D eigenvalue weighted by Crippen LogP contribution is 2.32. The predicted octanol–water partition coefficient (Wildman–Crippen LogP) is 2.92. The molecule has 0 atom stereocenters. The maximum atomic E-state index is 5.68. The lowest BCUT2D eigenvalue weighted by atomic mass is 9.84. The van der Waals surface area contributed by atoms with E-state index in [2.05, 4.69) is 12.1 Å². The van der Waals surface area contributed by atoms with Crippen molar-refractivity contribution in [3.8, 4) is 0 Å². The maximum absolute atomic E-state index is 5.68. The Balaban J connectivity index is 2.14. The molecule has 1 aliphatic rings. The number of nitrogen functional groups attached to an aromatic ring is 1. The Morgan fingerprint density at radius 3 is 2.69 bits per heavy atom. The Morgan fingerprint density at radius 1 is 1.23 bits per heavy atom. The third kappa shape index (κ3) is 1.95. The van der Waals surface area contributed by atoms with Crippen LogP contribution in [-0.4, -0.2) is 0 Å². The van der Waals surface area contributed by atoms with Gasteiger partial charge in [-0.3, -0.25) is 0 Å². The number of nitrogens with two attached hydrogens (primary N) is 1. The summed E-state index contributed by atoms with van der Waals surface area (Å²) in [6, 6.07) is 9.92. The van der Waals surface area contributed by atoms with E-state index in [1.165, 1.54) is 37.7 Å². The quantitative estimate of drug-likeness (QED) is 0.694. The molecule has 1 aliphatic carbocycles. The van der Waals surface area contributed by atoms with Gasteiger partial charge in [0.15, 0.2) is 0 Å². The van der Waals surface area contributed by atoms with Crippen molar-refractivity contribution < 1.29 is 0 Å². The van der Waals surface area contributed by atoms with Crippen LogP contribution in [0.15, 0.2) is 12.1 Å². The summed E-state index contributed by atoms with van der Waals surface area (Å²) in [5.74, 6) is 0.724. The van der Waals surface area contributed by atoms with Crippen LogP contribution in [0.25, 0.3) is 0 Å². The van der Waals surface area contributed by atoms with Crippen LogP contribution < -0.4 is 5.73 Å². The molecule has 68 valence electrons. The minimum absolute atomic E-state index is 0.724. The van der Waals surface area contributed by atoms with Gasteiger partial charge in [-0.05, 0) is 42.5 Å². The molecule has 0 aromatic heterocycles. The number of hydrogen-bond donors (Lipinski definition) is 1. The Morgan fingerprint density at radius 2 is 2.00 bits per heavy atom. The minimum atomic E-state index is 0.724. The van der Waals surface area contributed by atoms with E-state index in [9.17, 15) is 0 Å². The largest absolute Gasteiger partial charge is 0.392 e. The summed E-state index contributed by atoms with van der Waals surface area (Å²) in [7, 11) is 0. The molecule has 1 nitrogen and oxygen atoms in total. The van der Waals surface area contributed by atoms with Gasteiger partial charge in [-0.15, -0.1) is 0 Å². The van der Waals surface area contributed by atoms with Crippen molar-refractivity contribution in [3.05, 3.63) is 29.8 Å². The van der Waals surface area contributed by atoms with Crippen LogP contribution in [0.3, 0.4) is 0 Å². The van der Waals surface area contributed by atoms with Gasteiger partial charge in [0, 0.05) is 0 Å². The van der Waals surface area contributed by atoms with E-state index in [1.807, 2.05) is 12.1 Å². The van der Waals surface area contributed by atoms with Crippen LogP contribution in [0.5, 0.6) is 0 Å². The second kappa shape index (κ2) is 3.70. The molecule has 2 rings (SSSR count). The van der Waals surface area contributed by atoms with Crippen molar-refractivity contribution in [1.82, 2.24) is 0 Å². The zero-order chi connectivity index (χ0) is 9.10. The second-order valence-corrected chi connectivity index (χ2v) is 3.85. The summed E-state index contributed by atoms with van der Waals surface area (Å²) in [4.78, 5) is 0. The molecular weight excluding hydrogens is 158 g/mol. The molecule has 0 unspecified atom stereocenters. The molecule has 0 radical (unpaired) electrons. The van der Waals surface area contributed by atoms with Crippen molar-refractivity contribution >= 4 is 5.69 Å². The first-order chi connectivity index (χ1) is 6.36. The second-order valence-electron chi connectivity index (χ2n) is 3.85. The van der Waals surface area contributed by atoms with Gasteiger partial charge in [-0.25, -0.2) is 0 Å². The summed E-state index contributed by atoms with van der Waals surface area (Å²) in [5, 5.41) is 0. The summed E-state index contributed by atoms with van der Waals surface area (Å²) < 4.78 is 0. The molecule has 1 saturated carbocycles. The Labute approximate surface area is 80.0 Å². The van der Waals surface area contributed by atoms with Gasteiger partial charge < -0.3 is 5.73 Å². The summed E-state index contributed by atoms with van der Waals surface area (Å²) in [6.07, 6.45) is 6.76. The van der Waals surface area contributed by atoms with E-state index in [1.54, 1.807) is 0 Å². The van der Waals surface area contributed by atoms with Gasteiger partial charge in [0.2, 0.25) is 0 Å². The first-order valence-corrected chi connectivity index (χ1v) is 5.05. The minimum Gasteiger partial charge on any atom is -0.392 e. The molecule has 1 aromatic rings. The highest BCUT2D eigenvalue weighted by atomic mass is 14.5. The van der Waals surface area contributed by atoms with E-state index in [0.29, 0.717) is 0 Å². The first-order valence-electron chi connectivity index (χ1n) is 5.05. The Hall–Kier alpha value is -1.16. The lowest BCUT2D eigenvalue weighted by molar-refractivity contribution is 0.444. The summed E-state index contributed by atoms with van der Waals surface area (Å²) in [6.45, 7) is 0. The molecular formula is C12H15N. The van der Waals surface area contributed by atoms with Crippen molar-refractivity contribution in [1.29, 1.82) is 0 Å². The third-order valence-corrected chi connectivity index (χ3v) is 2.85. The molecule has 0 heterocycles. The zero-order valence-corrected chi connectivity index (χ0v) is 7.84. The SMILES string of the molecule is Nc1c#ccc(C2CCCCC2)c1. The number of anilines is 1. The van der Waals surface area contributed by atoms with Gasteiger partial charge in [0.25, 0.3) is 0 Å². The van der Waals surface area contributed by atoms with Crippen LogP contribution in [-0.2, 0) is 0 Å². The zero-order valence-electron chi connectivity index (χ0n) is 7.84. The van der Waals surface area contributed by atoms with Crippen LogP contribution >= 0.6 is 0 Å². The molecule has 0 saturated heterocycles. The van der Waals surface area contributed by atoms with Crippen LogP contribution in [0.2, 0.25) is 0 Å².